The summed E-state index contributed by atoms with van der Waals surface area (Å²) in [5, 5.41) is 0. The minimum absolute atomic E-state index is 0.283. The first kappa shape index (κ1) is 80.6. The van der Waals surface area contributed by atoms with E-state index in [0.29, 0.717) is 53.3 Å². The van der Waals surface area contributed by atoms with Crippen molar-refractivity contribution < 1.29 is 0 Å². The maximum atomic E-state index is 2.40. The maximum absolute atomic E-state index is 2.40. The molecule has 0 fully saturated rings. The van der Waals surface area contributed by atoms with Crippen molar-refractivity contribution in [3.05, 3.63) is 245 Å². The van der Waals surface area contributed by atoms with Crippen molar-refractivity contribution in [3.63, 3.8) is 0 Å². The van der Waals surface area contributed by atoms with Crippen LogP contribution in [0.15, 0.2) is 140 Å². The minimum atomic E-state index is 0.283. The van der Waals surface area contributed by atoms with Crippen LogP contribution in [-0.2, 0) is 16.2 Å². The molecule has 0 aliphatic rings. The summed E-state index contributed by atoms with van der Waals surface area (Å²) >= 11 is 0. The van der Waals surface area contributed by atoms with Gasteiger partial charge in [0.2, 0.25) is 0 Å². The highest BCUT2D eigenvalue weighted by Gasteiger charge is 2.17. The normalized spacial score (nSPS) is 11.5. The highest BCUT2D eigenvalue weighted by molar-refractivity contribution is 5.43. The Morgan fingerprint density at radius 1 is 0.227 bits per heavy atom. The van der Waals surface area contributed by atoms with E-state index in [9.17, 15) is 0 Å². The molecule has 0 spiro atoms. The summed E-state index contributed by atoms with van der Waals surface area (Å²) in [6.07, 6.45) is 0. The molecule has 0 aliphatic carbocycles. The van der Waals surface area contributed by atoms with Crippen LogP contribution in [0.5, 0.6) is 0 Å². The fourth-order valence-electron chi connectivity index (χ4n) is 11.0. The first-order valence-corrected chi connectivity index (χ1v) is 34.1. The molecule has 0 nitrogen and oxygen atoms in total. The molecule has 0 heterocycles. The smallest absolute Gasteiger partial charge is 0.0129 e. The van der Waals surface area contributed by atoms with Crippen molar-refractivity contribution in [3.8, 4) is 0 Å². The van der Waals surface area contributed by atoms with Crippen LogP contribution in [0.4, 0.5) is 0 Å². The van der Waals surface area contributed by atoms with Crippen molar-refractivity contribution in [1.29, 1.82) is 0 Å². The summed E-state index contributed by atoms with van der Waals surface area (Å²) in [5.74, 6) is 5.69. The summed E-state index contributed by atoms with van der Waals surface area (Å²) < 4.78 is 0. The number of aryl methyl sites for hydroxylation is 5. The van der Waals surface area contributed by atoms with Crippen LogP contribution < -0.4 is 0 Å². The molecule has 0 N–H and O–H groups in total. The Morgan fingerprint density at radius 2 is 0.602 bits per heavy atom. The summed E-state index contributed by atoms with van der Waals surface area (Å²) in [6, 6.07) is 51.2. The van der Waals surface area contributed by atoms with E-state index in [0.717, 1.165) is 0 Å². The monoisotopic (exact) mass is 1190 g/mol. The molecule has 0 unspecified atom stereocenters. The average molecular weight is 1190 g/mol. The van der Waals surface area contributed by atoms with E-state index < -0.39 is 0 Å². The lowest BCUT2D eigenvalue weighted by Gasteiger charge is -2.21. The van der Waals surface area contributed by atoms with E-state index in [1.54, 1.807) is 0 Å². The molecule has 7 rings (SSSR count). The third kappa shape index (κ3) is 28.2. The quantitative estimate of drug-likeness (QED) is 0.135. The zero-order valence-electron chi connectivity index (χ0n) is 63.5. The van der Waals surface area contributed by atoms with Gasteiger partial charge in [-0.05, 0) is 207 Å². The van der Waals surface area contributed by atoms with E-state index in [1.165, 1.54) is 106 Å². The first-order valence-electron chi connectivity index (χ1n) is 34.1. The van der Waals surface area contributed by atoms with Crippen molar-refractivity contribution >= 4 is 0 Å². The molecule has 0 aromatic heterocycles. The maximum Gasteiger partial charge on any atom is -0.0129 e. The lowest BCUT2D eigenvalue weighted by Crippen LogP contribution is -2.12. The molecule has 7 aromatic carbocycles. The van der Waals surface area contributed by atoms with E-state index in [2.05, 4.69) is 375 Å². The molecule has 7 aromatic rings. The zero-order valence-corrected chi connectivity index (χ0v) is 63.5. The van der Waals surface area contributed by atoms with Crippen LogP contribution in [0.1, 0.15) is 346 Å². The zero-order chi connectivity index (χ0) is 67.9. The van der Waals surface area contributed by atoms with Crippen LogP contribution in [0.3, 0.4) is 0 Å². The topological polar surface area (TPSA) is 0 Å². The van der Waals surface area contributed by atoms with Crippen LogP contribution in [-0.4, -0.2) is 0 Å². The van der Waals surface area contributed by atoms with Gasteiger partial charge in [-0.3, -0.25) is 0 Å². The fraction of sp³-hybridized carbons (Fsp3) is 0.523. The Morgan fingerprint density at radius 3 is 0.943 bits per heavy atom. The molecule has 0 radical (unpaired) electrons. The second kappa shape index (κ2) is 37.0. The van der Waals surface area contributed by atoms with Gasteiger partial charge in [0, 0.05) is 0 Å². The molecule has 0 atom stereocenters. The molecule has 0 saturated heterocycles. The van der Waals surface area contributed by atoms with Crippen LogP contribution in [0.2, 0.25) is 0 Å². The van der Waals surface area contributed by atoms with E-state index in [4.69, 9.17) is 0 Å². The largest absolute Gasteiger partial charge is 0.0620 e. The third-order valence-corrected chi connectivity index (χ3v) is 16.9. The van der Waals surface area contributed by atoms with E-state index >= 15 is 0 Å². The lowest BCUT2D eigenvalue weighted by atomic mass is 9.84. The van der Waals surface area contributed by atoms with Gasteiger partial charge in [-0.1, -0.05) is 343 Å². The second-order valence-corrected chi connectivity index (χ2v) is 31.4. The van der Waals surface area contributed by atoms with Gasteiger partial charge < -0.3 is 0 Å². The summed E-state index contributed by atoms with van der Waals surface area (Å²) in [7, 11) is 0. The number of rotatable bonds is 9. The average Bonchev–Trinajstić information content (AvgIpc) is 3.59. The van der Waals surface area contributed by atoms with Gasteiger partial charge in [-0.25, -0.2) is 0 Å². The summed E-state index contributed by atoms with van der Waals surface area (Å²) in [5.41, 5.74) is 28.3. The van der Waals surface area contributed by atoms with Crippen LogP contribution in [0.25, 0.3) is 0 Å². The van der Waals surface area contributed by atoms with Gasteiger partial charge in [0.25, 0.3) is 0 Å². The SMILES string of the molecule is Cc1c(C(C)C)cc(C(C)C)cc1C(C)C.Cc1c(C(C)C)cccc1C(C)C.Cc1cc(C(C)C)cc(C(C)C)c1.Cc1ccc(C(C)(C)C)cc1.Cc1ccc(C(C)C)cc1C(C)C.Cc1cccc(C(C)(C)C)c1.Cc1ccccc1C(C)(C)C. The first-order chi connectivity index (χ1) is 40.4. The van der Waals surface area contributed by atoms with Crippen molar-refractivity contribution in [1.82, 2.24) is 0 Å². The number of benzene rings is 7. The summed E-state index contributed by atoms with van der Waals surface area (Å²) in [4.78, 5) is 0. The molecule has 0 saturated carbocycles. The van der Waals surface area contributed by atoms with Crippen molar-refractivity contribution in [2.75, 3.05) is 0 Å². The Hall–Kier alpha value is -5.46. The Kier molecular flexibility index (Phi) is 33.9. The van der Waals surface area contributed by atoms with Crippen molar-refractivity contribution in [2.24, 2.45) is 0 Å². The van der Waals surface area contributed by atoms with E-state index in [1.807, 2.05) is 0 Å². The van der Waals surface area contributed by atoms with Gasteiger partial charge in [-0.15, -0.1) is 0 Å². The van der Waals surface area contributed by atoms with Gasteiger partial charge >= 0.3 is 0 Å². The lowest BCUT2D eigenvalue weighted by molar-refractivity contribution is 0.586. The standard InChI is InChI=1S/C16H26.3C13H20.3C11H16/c1-10(2)14-8-15(11(3)4)13(7)16(9-14)12(5)6;1-9(2)12-6-11(5)7-13(8-12)10(3)4;1-9(2)12-7-6-11(5)13(8-12)10(3)4;1-9(2)12-7-6-8-13(10(3)4)11(12)5;1-9-5-7-10(8-6-9)11(2,3)4;1-9-6-5-7-10(8-9)11(2,3)4;1-9-7-5-6-8-10(9)11(2,3)4/h8-12H,1-7H3;3*6-10H,1-5H3;3*5-8H,1-4H3. The molecule has 0 heteroatoms. The summed E-state index contributed by atoms with van der Waals surface area (Å²) in [6.45, 7) is 76.2. The Labute approximate surface area is 547 Å². The van der Waals surface area contributed by atoms with Crippen LogP contribution >= 0.6 is 0 Å². The molecular formula is C88H134. The predicted octanol–water partition coefficient (Wildman–Crippen LogP) is 28.0. The van der Waals surface area contributed by atoms with Crippen LogP contribution in [0, 0.1) is 48.5 Å². The highest BCUT2D eigenvalue weighted by atomic mass is 14.2. The van der Waals surface area contributed by atoms with Gasteiger partial charge in [0.15, 0.2) is 0 Å². The molecular weight excluding hydrogens is 1060 g/mol. The van der Waals surface area contributed by atoms with Gasteiger partial charge in [0.1, 0.15) is 0 Å². The minimum Gasteiger partial charge on any atom is -0.0620 e. The van der Waals surface area contributed by atoms with Gasteiger partial charge in [-0.2, -0.15) is 0 Å². The Balaban J connectivity index is 0.000000515. The predicted molar refractivity (Wildman–Crippen MR) is 401 cm³/mol. The second-order valence-electron chi connectivity index (χ2n) is 31.4. The van der Waals surface area contributed by atoms with E-state index in [-0.39, 0.29) is 16.2 Å². The fourth-order valence-corrected chi connectivity index (χ4v) is 11.0. The van der Waals surface area contributed by atoms with Gasteiger partial charge in [0.05, 0.1) is 0 Å². The highest BCUT2D eigenvalue weighted by Crippen LogP contribution is 2.33. The number of hydrogen-bond acceptors (Lipinski definition) is 0. The number of hydrogen-bond donors (Lipinski definition) is 0. The Bertz CT molecular complexity index is 3010. The van der Waals surface area contributed by atoms with Crippen molar-refractivity contribution in [2.45, 2.75) is 305 Å². The third-order valence-electron chi connectivity index (χ3n) is 16.9. The molecule has 0 bridgehead atoms. The molecule has 486 valence electrons. The molecule has 0 amide bonds. The molecule has 88 heavy (non-hydrogen) atoms. The molecule has 0 aliphatic heterocycles.